The van der Waals surface area contributed by atoms with Gasteiger partial charge in [-0.25, -0.2) is 9.97 Å². The normalized spacial score (nSPS) is 13.1. The summed E-state index contributed by atoms with van der Waals surface area (Å²) < 4.78 is 0. The summed E-state index contributed by atoms with van der Waals surface area (Å²) in [5.41, 5.74) is 12.7. The molecule has 0 saturated heterocycles. The van der Waals surface area contributed by atoms with Crippen LogP contribution in [0.15, 0.2) is 158 Å². The summed E-state index contributed by atoms with van der Waals surface area (Å²) in [4.78, 5) is 10.2. The molecule has 2 heteroatoms. The second-order valence-electron chi connectivity index (χ2n) is 13.1. The van der Waals surface area contributed by atoms with Crippen molar-refractivity contribution in [2.45, 2.75) is 19.3 Å². The molecule has 1 aromatic heterocycles. The highest BCUT2D eigenvalue weighted by molar-refractivity contribution is 5.99. The van der Waals surface area contributed by atoms with Gasteiger partial charge >= 0.3 is 0 Å². The lowest BCUT2D eigenvalue weighted by Gasteiger charge is -2.22. The number of nitrogens with zero attached hydrogens (tertiary/aromatic N) is 2. The lowest BCUT2D eigenvalue weighted by molar-refractivity contribution is 0.661. The number of fused-ring (bicyclic) bond motifs is 5. The highest BCUT2D eigenvalue weighted by Crippen LogP contribution is 2.53. The van der Waals surface area contributed by atoms with E-state index in [2.05, 4.69) is 153 Å². The summed E-state index contributed by atoms with van der Waals surface area (Å²) in [5.74, 6) is 0.722. The predicted molar refractivity (Wildman–Crippen MR) is 196 cm³/mol. The maximum Gasteiger partial charge on any atom is 0.160 e. The van der Waals surface area contributed by atoms with Gasteiger partial charge in [-0.2, -0.15) is 0 Å². The quantitative estimate of drug-likeness (QED) is 0.201. The molecule has 1 aliphatic carbocycles. The summed E-state index contributed by atoms with van der Waals surface area (Å²) in [6, 6.07) is 56.5. The van der Waals surface area contributed by atoms with Crippen LogP contribution in [0.1, 0.15) is 25.0 Å². The highest BCUT2D eigenvalue weighted by atomic mass is 14.9. The number of hydrogen-bond acceptors (Lipinski definition) is 2. The van der Waals surface area contributed by atoms with Crippen molar-refractivity contribution in [3.8, 4) is 56.2 Å². The monoisotopic (exact) mass is 600 g/mol. The van der Waals surface area contributed by atoms with Gasteiger partial charge in [-0.05, 0) is 85.3 Å². The maximum absolute atomic E-state index is 5.15. The molecule has 8 aromatic rings. The van der Waals surface area contributed by atoms with Crippen LogP contribution in [0.25, 0.3) is 77.7 Å². The molecule has 2 nitrogen and oxygen atoms in total. The molecule has 1 aliphatic rings. The van der Waals surface area contributed by atoms with E-state index in [-0.39, 0.29) is 5.41 Å². The van der Waals surface area contributed by atoms with E-state index in [1.165, 1.54) is 54.9 Å². The average Bonchev–Trinajstić information content (AvgIpc) is 3.36. The van der Waals surface area contributed by atoms with Crippen molar-refractivity contribution in [2.24, 2.45) is 0 Å². The molecule has 47 heavy (non-hydrogen) atoms. The van der Waals surface area contributed by atoms with Crippen molar-refractivity contribution in [2.75, 3.05) is 0 Å². The number of aromatic nitrogens is 2. The Morgan fingerprint density at radius 1 is 0.383 bits per heavy atom. The van der Waals surface area contributed by atoms with Gasteiger partial charge in [-0.1, -0.05) is 141 Å². The fourth-order valence-electron chi connectivity index (χ4n) is 7.37. The fourth-order valence-corrected chi connectivity index (χ4v) is 7.37. The van der Waals surface area contributed by atoms with Gasteiger partial charge in [-0.15, -0.1) is 0 Å². The van der Waals surface area contributed by atoms with E-state index in [4.69, 9.17) is 9.97 Å². The molecule has 9 rings (SSSR count). The lowest BCUT2D eigenvalue weighted by Crippen LogP contribution is -2.14. The largest absolute Gasteiger partial charge is 0.228 e. The van der Waals surface area contributed by atoms with E-state index in [1.807, 2.05) is 18.2 Å². The summed E-state index contributed by atoms with van der Waals surface area (Å²) in [6.45, 7) is 4.71. The molecule has 222 valence electrons. The molecule has 0 atom stereocenters. The first-order chi connectivity index (χ1) is 23.0. The van der Waals surface area contributed by atoms with Crippen LogP contribution in [0.4, 0.5) is 0 Å². The molecular weight excluding hydrogens is 569 g/mol. The molecule has 0 unspecified atom stereocenters. The molecule has 0 spiro atoms. The van der Waals surface area contributed by atoms with E-state index in [9.17, 15) is 0 Å². The predicted octanol–water partition coefficient (Wildman–Crippen LogP) is 11.8. The van der Waals surface area contributed by atoms with Gasteiger partial charge in [0.1, 0.15) is 0 Å². The van der Waals surface area contributed by atoms with Crippen molar-refractivity contribution < 1.29 is 0 Å². The zero-order chi connectivity index (χ0) is 31.5. The van der Waals surface area contributed by atoms with Crippen LogP contribution in [0.5, 0.6) is 0 Å². The van der Waals surface area contributed by atoms with E-state index in [1.54, 1.807) is 0 Å². The lowest BCUT2D eigenvalue weighted by atomic mass is 9.81. The van der Waals surface area contributed by atoms with Crippen LogP contribution in [0.3, 0.4) is 0 Å². The standard InChI is InChI=1S/C45H32N2/c1-45(2)39-21-11-20-37(43(39)38-26-32-16-8-9-17-33(32)27-40(38)45)34-18-10-19-35(25-34)41-28-42(47-44(46-41)30-13-4-3-5-14-30)36-23-22-29-12-6-7-15-31(29)24-36/h3-28H,1-2H3. The van der Waals surface area contributed by atoms with Crippen molar-refractivity contribution in [3.63, 3.8) is 0 Å². The van der Waals surface area contributed by atoms with Crippen LogP contribution in [0.2, 0.25) is 0 Å². The Balaban J connectivity index is 1.21. The Morgan fingerprint density at radius 3 is 1.74 bits per heavy atom. The molecule has 0 radical (unpaired) electrons. The van der Waals surface area contributed by atoms with Gasteiger partial charge in [0.2, 0.25) is 0 Å². The van der Waals surface area contributed by atoms with Crippen molar-refractivity contribution in [1.29, 1.82) is 0 Å². The molecule has 0 fully saturated rings. The molecule has 0 saturated carbocycles. The van der Waals surface area contributed by atoms with Gasteiger partial charge < -0.3 is 0 Å². The second kappa shape index (κ2) is 10.6. The minimum atomic E-state index is -0.0890. The third-order valence-corrected chi connectivity index (χ3v) is 9.84. The minimum Gasteiger partial charge on any atom is -0.228 e. The van der Waals surface area contributed by atoms with Crippen LogP contribution < -0.4 is 0 Å². The SMILES string of the molecule is CC1(C)c2cc3ccccc3cc2-c2c(-c3cccc(-c4cc(-c5ccc6ccccc6c5)nc(-c5ccccc5)n4)c3)cccc21. The van der Waals surface area contributed by atoms with Gasteiger partial charge in [-0.3, -0.25) is 0 Å². The third-order valence-electron chi connectivity index (χ3n) is 9.84. The Morgan fingerprint density at radius 2 is 0.979 bits per heavy atom. The van der Waals surface area contributed by atoms with E-state index >= 15 is 0 Å². The average molecular weight is 601 g/mol. The summed E-state index contributed by atoms with van der Waals surface area (Å²) in [6.07, 6.45) is 0. The first-order valence-corrected chi connectivity index (χ1v) is 16.2. The molecule has 0 N–H and O–H groups in total. The second-order valence-corrected chi connectivity index (χ2v) is 13.1. The third kappa shape index (κ3) is 4.56. The number of benzene rings is 7. The van der Waals surface area contributed by atoms with E-state index in [0.29, 0.717) is 0 Å². The van der Waals surface area contributed by atoms with Gasteiger partial charge in [0, 0.05) is 22.1 Å². The first kappa shape index (κ1) is 27.5. The Hall–Kier alpha value is -5.86. The molecule has 0 aliphatic heterocycles. The fraction of sp³-hybridized carbons (Fsp3) is 0.0667. The smallest absolute Gasteiger partial charge is 0.160 e. The minimum absolute atomic E-state index is 0.0890. The van der Waals surface area contributed by atoms with Gasteiger partial charge in [0.15, 0.2) is 5.82 Å². The summed E-state index contributed by atoms with van der Waals surface area (Å²) in [5, 5.41) is 4.97. The Kier molecular flexibility index (Phi) is 6.20. The Bertz CT molecular complexity index is 2490. The van der Waals surface area contributed by atoms with E-state index < -0.39 is 0 Å². The number of rotatable bonds is 4. The highest BCUT2D eigenvalue weighted by Gasteiger charge is 2.37. The summed E-state index contributed by atoms with van der Waals surface area (Å²) in [7, 11) is 0. The molecule has 0 bridgehead atoms. The van der Waals surface area contributed by atoms with Crippen LogP contribution in [-0.2, 0) is 5.41 Å². The molecule has 1 heterocycles. The van der Waals surface area contributed by atoms with Gasteiger partial charge in [0.05, 0.1) is 11.4 Å². The zero-order valence-corrected chi connectivity index (χ0v) is 26.4. The van der Waals surface area contributed by atoms with E-state index in [0.717, 1.165) is 33.9 Å². The van der Waals surface area contributed by atoms with Crippen LogP contribution in [0, 0.1) is 0 Å². The van der Waals surface area contributed by atoms with Crippen LogP contribution in [-0.4, -0.2) is 9.97 Å². The van der Waals surface area contributed by atoms with Crippen molar-refractivity contribution in [1.82, 2.24) is 9.97 Å². The topological polar surface area (TPSA) is 25.8 Å². The van der Waals surface area contributed by atoms with Crippen molar-refractivity contribution in [3.05, 3.63) is 169 Å². The van der Waals surface area contributed by atoms with Crippen molar-refractivity contribution >= 4 is 21.5 Å². The Labute approximate surface area is 275 Å². The summed E-state index contributed by atoms with van der Waals surface area (Å²) >= 11 is 0. The first-order valence-electron chi connectivity index (χ1n) is 16.2. The molecule has 7 aromatic carbocycles. The zero-order valence-electron chi connectivity index (χ0n) is 26.4. The van der Waals surface area contributed by atoms with Gasteiger partial charge in [0.25, 0.3) is 0 Å². The molecular formula is C45H32N2. The maximum atomic E-state index is 5.15. The molecule has 0 amide bonds. The van der Waals surface area contributed by atoms with Crippen LogP contribution >= 0.6 is 0 Å². The number of hydrogen-bond donors (Lipinski definition) is 0.